The summed E-state index contributed by atoms with van der Waals surface area (Å²) in [6.45, 7) is 7.08. The molecule has 6 heteroatoms. The Morgan fingerprint density at radius 1 is 1.07 bits per heavy atom. The van der Waals surface area contributed by atoms with E-state index in [1.807, 2.05) is 6.07 Å². The largest absolute Gasteiger partial charge is 0.317 e. The van der Waals surface area contributed by atoms with Crippen LogP contribution in [-0.4, -0.2) is 22.6 Å². The summed E-state index contributed by atoms with van der Waals surface area (Å²) in [6.07, 6.45) is 3.77. The fourth-order valence-electron chi connectivity index (χ4n) is 3.40. The van der Waals surface area contributed by atoms with E-state index in [1.54, 1.807) is 13.2 Å². The van der Waals surface area contributed by atoms with E-state index in [9.17, 15) is 13.6 Å². The lowest BCUT2D eigenvalue weighted by atomic mass is 10.1. The van der Waals surface area contributed by atoms with Crippen molar-refractivity contribution < 1.29 is 8.78 Å². The lowest BCUT2D eigenvalue weighted by molar-refractivity contribution is 0.269. The maximum absolute atomic E-state index is 14.4. The van der Waals surface area contributed by atoms with Gasteiger partial charge in [0, 0.05) is 46.6 Å². The van der Waals surface area contributed by atoms with E-state index in [0.29, 0.717) is 16.5 Å². The summed E-state index contributed by atoms with van der Waals surface area (Å²) >= 11 is 1.52. The van der Waals surface area contributed by atoms with Gasteiger partial charge in [-0.1, -0.05) is 13.8 Å². The lowest BCUT2D eigenvalue weighted by Crippen LogP contribution is -2.24. The van der Waals surface area contributed by atoms with Crippen LogP contribution in [0.4, 0.5) is 8.78 Å². The SMILES string of the molecule is CCCN(CCC)Cc1cc2c(=O)n(C)cc(-c3ccc(F)cc3F)c2s1. The summed E-state index contributed by atoms with van der Waals surface area (Å²) < 4.78 is 29.9. The molecule has 2 heterocycles. The van der Waals surface area contributed by atoms with Gasteiger partial charge in [0.05, 0.1) is 5.39 Å². The summed E-state index contributed by atoms with van der Waals surface area (Å²) in [5, 5.41) is 0.590. The van der Waals surface area contributed by atoms with Gasteiger partial charge in [-0.3, -0.25) is 9.69 Å². The highest BCUT2D eigenvalue weighted by Crippen LogP contribution is 2.35. The van der Waals surface area contributed by atoms with Crippen molar-refractivity contribution in [2.75, 3.05) is 13.1 Å². The van der Waals surface area contributed by atoms with E-state index < -0.39 is 11.6 Å². The van der Waals surface area contributed by atoms with Gasteiger partial charge in [-0.15, -0.1) is 11.3 Å². The second-order valence-corrected chi connectivity index (χ2v) is 7.95. The maximum Gasteiger partial charge on any atom is 0.259 e. The molecule has 0 unspecified atom stereocenters. The van der Waals surface area contributed by atoms with Gasteiger partial charge in [0.25, 0.3) is 5.56 Å². The van der Waals surface area contributed by atoms with Crippen LogP contribution >= 0.6 is 11.3 Å². The van der Waals surface area contributed by atoms with Crippen LogP contribution in [0.15, 0.2) is 35.3 Å². The number of hydrogen-bond acceptors (Lipinski definition) is 3. The second-order valence-electron chi connectivity index (χ2n) is 6.81. The minimum Gasteiger partial charge on any atom is -0.317 e. The first-order valence-corrected chi connectivity index (χ1v) is 10.1. The topological polar surface area (TPSA) is 25.2 Å². The van der Waals surface area contributed by atoms with E-state index in [2.05, 4.69) is 18.7 Å². The molecule has 0 spiro atoms. The first-order valence-electron chi connectivity index (χ1n) is 9.24. The third-order valence-corrected chi connectivity index (χ3v) is 5.73. The fraction of sp³-hybridized carbons (Fsp3) is 0.381. The van der Waals surface area contributed by atoms with Crippen molar-refractivity contribution in [3.63, 3.8) is 0 Å². The number of aryl methyl sites for hydroxylation is 1. The zero-order valence-electron chi connectivity index (χ0n) is 15.9. The van der Waals surface area contributed by atoms with Gasteiger partial charge in [-0.05, 0) is 44.1 Å². The summed E-state index contributed by atoms with van der Waals surface area (Å²) in [7, 11) is 1.66. The summed E-state index contributed by atoms with van der Waals surface area (Å²) in [5.74, 6) is -1.23. The summed E-state index contributed by atoms with van der Waals surface area (Å²) in [5.41, 5.74) is 0.832. The fourth-order valence-corrected chi connectivity index (χ4v) is 4.62. The Labute approximate surface area is 161 Å². The van der Waals surface area contributed by atoms with E-state index in [-0.39, 0.29) is 5.56 Å². The van der Waals surface area contributed by atoms with Crippen molar-refractivity contribution in [1.82, 2.24) is 9.47 Å². The molecule has 0 saturated heterocycles. The van der Waals surface area contributed by atoms with Crippen LogP contribution in [0.5, 0.6) is 0 Å². The smallest absolute Gasteiger partial charge is 0.259 e. The number of rotatable bonds is 7. The molecule has 27 heavy (non-hydrogen) atoms. The van der Waals surface area contributed by atoms with Gasteiger partial charge in [0.15, 0.2) is 0 Å². The molecule has 0 saturated carbocycles. The molecule has 0 aliphatic carbocycles. The van der Waals surface area contributed by atoms with Gasteiger partial charge in [0.1, 0.15) is 11.6 Å². The van der Waals surface area contributed by atoms with Gasteiger partial charge in [-0.2, -0.15) is 0 Å². The third kappa shape index (κ3) is 4.12. The minimum absolute atomic E-state index is 0.101. The molecule has 0 N–H and O–H groups in total. The van der Waals surface area contributed by atoms with Crippen molar-refractivity contribution in [1.29, 1.82) is 0 Å². The Morgan fingerprint density at radius 2 is 1.78 bits per heavy atom. The molecule has 0 bridgehead atoms. The monoisotopic (exact) mass is 390 g/mol. The molecule has 0 fully saturated rings. The molecule has 0 atom stereocenters. The number of halogens is 2. The first-order chi connectivity index (χ1) is 12.9. The predicted molar refractivity (Wildman–Crippen MR) is 108 cm³/mol. The van der Waals surface area contributed by atoms with Gasteiger partial charge in [0.2, 0.25) is 0 Å². The molecule has 144 valence electrons. The average Bonchev–Trinajstić information content (AvgIpc) is 3.03. The van der Waals surface area contributed by atoms with Crippen molar-refractivity contribution in [3.05, 3.63) is 57.3 Å². The Balaban J connectivity index is 2.12. The van der Waals surface area contributed by atoms with Crippen LogP contribution in [0, 0.1) is 11.6 Å². The Morgan fingerprint density at radius 3 is 2.41 bits per heavy atom. The van der Waals surface area contributed by atoms with Gasteiger partial charge < -0.3 is 4.57 Å². The Bertz CT molecular complexity index is 1000. The molecule has 3 rings (SSSR count). The lowest BCUT2D eigenvalue weighted by Gasteiger charge is -2.19. The highest BCUT2D eigenvalue weighted by atomic mass is 32.1. The highest BCUT2D eigenvalue weighted by Gasteiger charge is 2.17. The Hall–Kier alpha value is -2.05. The second kappa shape index (κ2) is 8.31. The summed E-state index contributed by atoms with van der Waals surface area (Å²) in [4.78, 5) is 16.1. The highest BCUT2D eigenvalue weighted by molar-refractivity contribution is 7.19. The molecule has 0 radical (unpaired) electrons. The van der Waals surface area contributed by atoms with Crippen LogP contribution in [0.1, 0.15) is 31.6 Å². The van der Waals surface area contributed by atoms with Crippen LogP contribution in [-0.2, 0) is 13.6 Å². The van der Waals surface area contributed by atoms with E-state index in [4.69, 9.17) is 0 Å². The van der Waals surface area contributed by atoms with Crippen LogP contribution in [0.3, 0.4) is 0 Å². The van der Waals surface area contributed by atoms with Crippen molar-refractivity contribution in [2.45, 2.75) is 33.2 Å². The van der Waals surface area contributed by atoms with Crippen LogP contribution < -0.4 is 5.56 Å². The number of nitrogens with zero attached hydrogens (tertiary/aromatic N) is 2. The van der Waals surface area contributed by atoms with Gasteiger partial charge in [-0.25, -0.2) is 8.78 Å². The molecule has 2 aromatic heterocycles. The molecule has 3 aromatic rings. The Kier molecular flexibility index (Phi) is 6.07. The zero-order valence-corrected chi connectivity index (χ0v) is 16.7. The van der Waals surface area contributed by atoms with Crippen molar-refractivity contribution >= 4 is 21.4 Å². The van der Waals surface area contributed by atoms with E-state index in [0.717, 1.165) is 48.1 Å². The predicted octanol–water partition coefficient (Wildman–Crippen LogP) is 5.17. The number of fused-ring (bicyclic) bond motifs is 1. The first kappa shape index (κ1) is 19.7. The molecule has 3 nitrogen and oxygen atoms in total. The van der Waals surface area contributed by atoms with Gasteiger partial charge >= 0.3 is 0 Å². The number of pyridine rings is 1. The molecular weight excluding hydrogens is 366 g/mol. The molecule has 1 aromatic carbocycles. The average molecular weight is 390 g/mol. The molecular formula is C21H24F2N2OS. The minimum atomic E-state index is -0.622. The third-order valence-electron chi connectivity index (χ3n) is 4.58. The normalized spacial score (nSPS) is 11.6. The van der Waals surface area contributed by atoms with Crippen LogP contribution in [0.25, 0.3) is 21.2 Å². The molecule has 0 aliphatic heterocycles. The van der Waals surface area contributed by atoms with Crippen molar-refractivity contribution in [3.8, 4) is 11.1 Å². The van der Waals surface area contributed by atoms with Crippen LogP contribution in [0.2, 0.25) is 0 Å². The molecule has 0 amide bonds. The van der Waals surface area contributed by atoms with Crippen molar-refractivity contribution in [2.24, 2.45) is 7.05 Å². The zero-order chi connectivity index (χ0) is 19.6. The maximum atomic E-state index is 14.4. The van der Waals surface area contributed by atoms with E-state index in [1.165, 1.54) is 28.0 Å². The quantitative estimate of drug-likeness (QED) is 0.556. The van der Waals surface area contributed by atoms with E-state index >= 15 is 0 Å². The standard InChI is InChI=1S/C21H24F2N2OS/c1-4-8-25(9-5-2)12-15-11-17-20(27-15)18(13-24(3)21(17)26)16-7-6-14(22)10-19(16)23/h6-7,10-11,13H,4-5,8-9,12H2,1-3H3. The number of aromatic nitrogens is 1. The number of benzene rings is 1. The summed E-state index contributed by atoms with van der Waals surface area (Å²) in [6, 6.07) is 5.48. The number of thiophene rings is 1. The molecule has 0 aliphatic rings. The number of hydrogen-bond donors (Lipinski definition) is 0.